The van der Waals surface area contributed by atoms with Crippen LogP contribution in [0.1, 0.15) is 16.7 Å². The van der Waals surface area contributed by atoms with Crippen LogP contribution < -0.4 is 5.73 Å². The third-order valence-corrected chi connectivity index (χ3v) is 4.63. The summed E-state index contributed by atoms with van der Waals surface area (Å²) in [5, 5.41) is 2.21. The summed E-state index contributed by atoms with van der Waals surface area (Å²) in [6.45, 7) is 4.29. The minimum absolute atomic E-state index is 0.786. The predicted molar refractivity (Wildman–Crippen MR) is 91.6 cm³/mol. The van der Waals surface area contributed by atoms with Gasteiger partial charge in [0.05, 0.1) is 0 Å². The number of nitrogen functional groups attached to an aromatic ring is 1. The molecule has 0 amide bonds. The summed E-state index contributed by atoms with van der Waals surface area (Å²) in [6.07, 6.45) is 3.66. The van der Waals surface area contributed by atoms with Crippen LogP contribution in [0, 0.1) is 13.8 Å². The van der Waals surface area contributed by atoms with Gasteiger partial charge in [0.2, 0.25) is 0 Å². The summed E-state index contributed by atoms with van der Waals surface area (Å²) in [7, 11) is 0. The molecule has 2 N–H and O–H groups in total. The van der Waals surface area contributed by atoms with Crippen LogP contribution in [0.4, 0.5) is 5.69 Å². The van der Waals surface area contributed by atoms with E-state index in [1.165, 1.54) is 27.0 Å². The Balaban J connectivity index is 1.90. The van der Waals surface area contributed by atoms with Crippen LogP contribution in [0.3, 0.4) is 0 Å². The molecule has 106 valence electrons. The largest absolute Gasteiger partial charge is 0.398 e. The van der Waals surface area contributed by atoms with Gasteiger partial charge in [-0.15, -0.1) is 11.8 Å². The summed E-state index contributed by atoms with van der Waals surface area (Å²) < 4.78 is 0. The van der Waals surface area contributed by atoms with Gasteiger partial charge in [-0.25, -0.2) is 0 Å². The molecule has 3 rings (SSSR count). The van der Waals surface area contributed by atoms with Gasteiger partial charge < -0.3 is 5.73 Å². The first-order valence-corrected chi connectivity index (χ1v) is 7.94. The molecule has 1 heterocycles. The van der Waals surface area contributed by atoms with Crippen LogP contribution >= 0.6 is 11.8 Å². The molecule has 0 aliphatic heterocycles. The number of thioether (sulfide) groups is 1. The van der Waals surface area contributed by atoms with Crippen molar-refractivity contribution in [2.24, 2.45) is 0 Å². The molecule has 0 fully saturated rings. The van der Waals surface area contributed by atoms with E-state index in [2.05, 4.69) is 43.1 Å². The minimum atomic E-state index is 0.786. The lowest BCUT2D eigenvalue weighted by Crippen LogP contribution is -1.90. The Morgan fingerprint density at radius 2 is 1.76 bits per heavy atom. The van der Waals surface area contributed by atoms with Gasteiger partial charge in [0.25, 0.3) is 0 Å². The molecule has 0 radical (unpaired) electrons. The number of aryl methyl sites for hydroxylation is 2. The van der Waals surface area contributed by atoms with Gasteiger partial charge in [-0.2, -0.15) is 0 Å². The van der Waals surface area contributed by atoms with Crippen LogP contribution in [-0.2, 0) is 5.75 Å². The van der Waals surface area contributed by atoms with Crippen molar-refractivity contribution in [2.75, 3.05) is 5.73 Å². The second-order valence-corrected chi connectivity index (χ2v) is 6.38. The maximum atomic E-state index is 6.02. The number of nitrogens with two attached hydrogens (primary N) is 1. The number of anilines is 1. The highest BCUT2D eigenvalue weighted by Gasteiger charge is 2.05. The number of aromatic nitrogens is 1. The van der Waals surface area contributed by atoms with Gasteiger partial charge in [-0.1, -0.05) is 29.3 Å². The molecule has 0 bridgehead atoms. The lowest BCUT2D eigenvalue weighted by Gasteiger charge is -2.09. The van der Waals surface area contributed by atoms with Crippen molar-refractivity contribution < 1.29 is 0 Å². The number of fused-ring (bicyclic) bond motifs is 1. The average Bonchev–Trinajstić information content (AvgIpc) is 2.46. The fourth-order valence-electron chi connectivity index (χ4n) is 2.62. The molecule has 0 aliphatic carbocycles. The molecule has 21 heavy (non-hydrogen) atoms. The Labute approximate surface area is 129 Å². The molecule has 0 saturated carbocycles. The number of pyridine rings is 1. The van der Waals surface area contributed by atoms with E-state index in [9.17, 15) is 0 Å². The molecule has 0 spiro atoms. The van der Waals surface area contributed by atoms with Crippen molar-refractivity contribution in [3.63, 3.8) is 0 Å². The lowest BCUT2D eigenvalue weighted by atomic mass is 10.1. The zero-order valence-electron chi connectivity index (χ0n) is 12.3. The van der Waals surface area contributed by atoms with Gasteiger partial charge in [-0.05, 0) is 37.6 Å². The quantitative estimate of drug-likeness (QED) is 0.561. The molecule has 0 atom stereocenters. The Hall–Kier alpha value is -2.00. The predicted octanol–water partition coefficient (Wildman–Crippen LogP) is 4.73. The maximum absolute atomic E-state index is 6.02. The molecule has 3 aromatic rings. The highest BCUT2D eigenvalue weighted by molar-refractivity contribution is 7.98. The van der Waals surface area contributed by atoms with Crippen LogP contribution in [0.25, 0.3) is 10.8 Å². The smallest absolute Gasteiger partial charge is 0.0410 e. The monoisotopic (exact) mass is 294 g/mol. The lowest BCUT2D eigenvalue weighted by molar-refractivity contribution is 1.30. The van der Waals surface area contributed by atoms with Crippen molar-refractivity contribution in [1.29, 1.82) is 0 Å². The highest BCUT2D eigenvalue weighted by atomic mass is 32.2. The van der Waals surface area contributed by atoms with Gasteiger partial charge in [0.1, 0.15) is 0 Å². The summed E-state index contributed by atoms with van der Waals surface area (Å²) in [4.78, 5) is 5.42. The van der Waals surface area contributed by atoms with Crippen molar-refractivity contribution in [3.8, 4) is 0 Å². The van der Waals surface area contributed by atoms with E-state index >= 15 is 0 Å². The van der Waals surface area contributed by atoms with Gasteiger partial charge in [0, 0.05) is 39.5 Å². The van der Waals surface area contributed by atoms with E-state index in [-0.39, 0.29) is 0 Å². The number of rotatable bonds is 3. The molecule has 0 aliphatic rings. The number of nitrogens with zero attached hydrogens (tertiary/aromatic N) is 1. The van der Waals surface area contributed by atoms with Crippen molar-refractivity contribution in [2.45, 2.75) is 24.5 Å². The molecular formula is C18H18N2S. The minimum Gasteiger partial charge on any atom is -0.398 e. The highest BCUT2D eigenvalue weighted by Crippen LogP contribution is 2.32. The van der Waals surface area contributed by atoms with E-state index in [1.54, 1.807) is 0 Å². The van der Waals surface area contributed by atoms with E-state index < -0.39 is 0 Å². The van der Waals surface area contributed by atoms with E-state index in [0.29, 0.717) is 0 Å². The Morgan fingerprint density at radius 1 is 1.00 bits per heavy atom. The fourth-order valence-corrected chi connectivity index (χ4v) is 3.61. The third-order valence-electron chi connectivity index (χ3n) is 3.49. The molecule has 1 aromatic heterocycles. The van der Waals surface area contributed by atoms with Crippen molar-refractivity contribution >= 4 is 28.2 Å². The number of hydrogen-bond donors (Lipinski definition) is 1. The van der Waals surface area contributed by atoms with Gasteiger partial charge in [0.15, 0.2) is 0 Å². The van der Waals surface area contributed by atoms with Crippen molar-refractivity contribution in [1.82, 2.24) is 4.98 Å². The standard InChI is InChI=1S/C18H18N2S/c1-12-7-13(2)9-14(8-12)11-21-18-4-3-17(19)16-10-20-6-5-15(16)18/h3-10H,11,19H2,1-2H3. The molecule has 2 aromatic carbocycles. The molecule has 3 heteroatoms. The summed E-state index contributed by atoms with van der Waals surface area (Å²) in [6, 6.07) is 12.8. The summed E-state index contributed by atoms with van der Waals surface area (Å²) in [5.41, 5.74) is 10.8. The molecule has 2 nitrogen and oxygen atoms in total. The second kappa shape index (κ2) is 5.78. The molecule has 0 saturated heterocycles. The maximum Gasteiger partial charge on any atom is 0.0410 e. The average molecular weight is 294 g/mol. The number of hydrogen-bond acceptors (Lipinski definition) is 3. The fraction of sp³-hybridized carbons (Fsp3) is 0.167. The van der Waals surface area contributed by atoms with Gasteiger partial charge >= 0.3 is 0 Å². The Morgan fingerprint density at radius 3 is 2.52 bits per heavy atom. The number of benzene rings is 2. The van der Waals surface area contributed by atoms with E-state index in [4.69, 9.17) is 5.73 Å². The normalized spacial score (nSPS) is 11.0. The van der Waals surface area contributed by atoms with E-state index in [1.807, 2.05) is 36.3 Å². The van der Waals surface area contributed by atoms with Crippen LogP contribution in [0.15, 0.2) is 53.7 Å². The van der Waals surface area contributed by atoms with E-state index in [0.717, 1.165) is 16.8 Å². The third kappa shape index (κ3) is 3.03. The van der Waals surface area contributed by atoms with Crippen LogP contribution in [0.2, 0.25) is 0 Å². The van der Waals surface area contributed by atoms with Gasteiger partial charge in [-0.3, -0.25) is 4.98 Å². The summed E-state index contributed by atoms with van der Waals surface area (Å²) in [5.74, 6) is 0.962. The molecular weight excluding hydrogens is 276 g/mol. The first-order valence-electron chi connectivity index (χ1n) is 6.95. The van der Waals surface area contributed by atoms with Crippen LogP contribution in [0.5, 0.6) is 0 Å². The summed E-state index contributed by atoms with van der Waals surface area (Å²) >= 11 is 1.85. The first-order chi connectivity index (χ1) is 10.1. The van der Waals surface area contributed by atoms with Crippen molar-refractivity contribution in [3.05, 3.63) is 65.5 Å². The SMILES string of the molecule is Cc1cc(C)cc(CSc2ccc(N)c3cnccc23)c1. The zero-order chi connectivity index (χ0) is 14.8. The van der Waals surface area contributed by atoms with Crippen LogP contribution in [-0.4, -0.2) is 4.98 Å². The first kappa shape index (κ1) is 14.0. The zero-order valence-corrected chi connectivity index (χ0v) is 13.1. The Bertz CT molecular complexity index is 776. The Kier molecular flexibility index (Phi) is 3.84. The molecule has 0 unspecified atom stereocenters. The topological polar surface area (TPSA) is 38.9 Å². The second-order valence-electron chi connectivity index (χ2n) is 5.36.